The Morgan fingerprint density at radius 2 is 1.21 bits per heavy atom. The van der Waals surface area contributed by atoms with Crippen molar-refractivity contribution in [2.75, 3.05) is 25.7 Å². The quantitative estimate of drug-likeness (QED) is 0.577. The molecule has 0 aliphatic rings. The summed E-state index contributed by atoms with van der Waals surface area (Å²) < 4.78 is 55.3. The van der Waals surface area contributed by atoms with Crippen molar-refractivity contribution in [1.82, 2.24) is 0 Å². The minimum absolute atomic E-state index is 0.119. The molecule has 0 atom stereocenters. The van der Waals surface area contributed by atoms with Crippen LogP contribution in [-0.4, -0.2) is 31.1 Å². The van der Waals surface area contributed by atoms with E-state index < -0.39 is 30.0 Å². The molecule has 8 nitrogen and oxygen atoms in total. The largest absolute Gasteiger partial charge is 0.397 e. The molecule has 108 valence electrons. The maximum atomic E-state index is 11.7. The molecule has 0 unspecified atom stereocenters. The monoisotopic (exact) mass is 310 g/mol. The van der Waals surface area contributed by atoms with Crippen LogP contribution in [0.15, 0.2) is 15.9 Å². The fraction of sp³-hybridized carbons (Fsp3) is 0.333. The molecule has 0 saturated carbocycles. The molecular weight excluding hydrogens is 296 g/mol. The van der Waals surface area contributed by atoms with Crippen LogP contribution < -0.4 is 11.5 Å². The van der Waals surface area contributed by atoms with Crippen LogP contribution in [0.1, 0.15) is 5.56 Å². The van der Waals surface area contributed by atoms with Crippen LogP contribution in [0, 0.1) is 6.92 Å². The Bertz CT molecular complexity index is 650. The SMILES string of the molecule is COS(=O)(=O)c1cc(S(=O)(=O)OC)c(N)c(C)c1N. The van der Waals surface area contributed by atoms with Crippen LogP contribution in [-0.2, 0) is 28.6 Å². The van der Waals surface area contributed by atoms with E-state index in [0.717, 1.165) is 20.3 Å². The minimum atomic E-state index is -4.16. The highest BCUT2D eigenvalue weighted by molar-refractivity contribution is 7.87. The first-order valence-electron chi connectivity index (χ1n) is 4.88. The summed E-state index contributed by atoms with van der Waals surface area (Å²) in [6, 6.07) is 0.815. The van der Waals surface area contributed by atoms with Crippen molar-refractivity contribution in [1.29, 1.82) is 0 Å². The maximum absolute atomic E-state index is 11.7. The summed E-state index contributed by atoms with van der Waals surface area (Å²) in [6.45, 7) is 1.40. The first kappa shape index (κ1) is 15.7. The normalized spacial score (nSPS) is 12.6. The van der Waals surface area contributed by atoms with Crippen LogP contribution in [0.4, 0.5) is 11.4 Å². The number of anilines is 2. The van der Waals surface area contributed by atoms with Crippen molar-refractivity contribution >= 4 is 31.6 Å². The van der Waals surface area contributed by atoms with Gasteiger partial charge in [0.25, 0.3) is 20.2 Å². The molecule has 1 rings (SSSR count). The molecule has 19 heavy (non-hydrogen) atoms. The molecular formula is C9H14N2O6S2. The van der Waals surface area contributed by atoms with Crippen molar-refractivity contribution in [2.24, 2.45) is 0 Å². The first-order valence-corrected chi connectivity index (χ1v) is 7.70. The summed E-state index contributed by atoms with van der Waals surface area (Å²) in [5.74, 6) is 0. The molecule has 0 spiro atoms. The molecule has 1 aromatic rings. The van der Waals surface area contributed by atoms with Crippen molar-refractivity contribution in [3.8, 4) is 0 Å². The van der Waals surface area contributed by atoms with E-state index in [1.54, 1.807) is 0 Å². The van der Waals surface area contributed by atoms with Gasteiger partial charge in [-0.1, -0.05) is 0 Å². The summed E-state index contributed by atoms with van der Waals surface area (Å²) in [4.78, 5) is -0.949. The molecule has 0 saturated heterocycles. The number of hydrogen-bond donors (Lipinski definition) is 2. The van der Waals surface area contributed by atoms with Gasteiger partial charge >= 0.3 is 0 Å². The second-order valence-corrected chi connectivity index (χ2v) is 6.93. The highest BCUT2D eigenvalue weighted by atomic mass is 32.2. The molecule has 4 N–H and O–H groups in total. The van der Waals surface area contributed by atoms with Gasteiger partial charge < -0.3 is 11.5 Å². The van der Waals surface area contributed by atoms with Gasteiger partial charge in [0, 0.05) is 0 Å². The van der Waals surface area contributed by atoms with Crippen molar-refractivity contribution < 1.29 is 25.2 Å². The maximum Gasteiger partial charge on any atom is 0.298 e. The zero-order chi connectivity index (χ0) is 15.0. The van der Waals surface area contributed by atoms with E-state index in [0.29, 0.717) is 0 Å². The van der Waals surface area contributed by atoms with Gasteiger partial charge in [-0.25, -0.2) is 0 Å². The lowest BCUT2D eigenvalue weighted by Gasteiger charge is -2.14. The molecule has 0 radical (unpaired) electrons. The van der Waals surface area contributed by atoms with Crippen LogP contribution in [0.25, 0.3) is 0 Å². The summed E-state index contributed by atoms with van der Waals surface area (Å²) >= 11 is 0. The molecule has 0 fully saturated rings. The number of benzene rings is 1. The Labute approximate surface area is 111 Å². The third-order valence-corrected chi connectivity index (χ3v) is 5.21. The van der Waals surface area contributed by atoms with Gasteiger partial charge in [0.15, 0.2) is 0 Å². The number of nitrogen functional groups attached to an aromatic ring is 2. The molecule has 10 heteroatoms. The average molecular weight is 310 g/mol. The van der Waals surface area contributed by atoms with Crippen molar-refractivity contribution in [3.05, 3.63) is 11.6 Å². The Balaban J connectivity index is 3.83. The number of rotatable bonds is 4. The fourth-order valence-electron chi connectivity index (χ4n) is 1.38. The summed E-state index contributed by atoms with van der Waals surface area (Å²) in [7, 11) is -6.45. The van der Waals surface area contributed by atoms with Crippen LogP contribution in [0.5, 0.6) is 0 Å². The highest BCUT2D eigenvalue weighted by Gasteiger charge is 2.27. The van der Waals surface area contributed by atoms with Crippen LogP contribution >= 0.6 is 0 Å². The van der Waals surface area contributed by atoms with Crippen molar-refractivity contribution in [3.63, 3.8) is 0 Å². The Hall–Kier alpha value is -1.36. The Morgan fingerprint density at radius 3 is 1.47 bits per heavy atom. The second kappa shape index (κ2) is 4.96. The molecule has 0 aliphatic carbocycles. The molecule has 0 aromatic heterocycles. The van der Waals surface area contributed by atoms with E-state index in [2.05, 4.69) is 8.37 Å². The minimum Gasteiger partial charge on any atom is -0.397 e. The third-order valence-electron chi connectivity index (χ3n) is 2.58. The van der Waals surface area contributed by atoms with E-state index in [1.165, 1.54) is 6.92 Å². The first-order chi connectivity index (χ1) is 8.58. The van der Waals surface area contributed by atoms with Crippen LogP contribution in [0.2, 0.25) is 0 Å². The average Bonchev–Trinajstić information content (AvgIpc) is 2.35. The summed E-state index contributed by atoms with van der Waals surface area (Å²) in [5.41, 5.74) is 11.0. The predicted molar refractivity (Wildman–Crippen MR) is 68.4 cm³/mol. The van der Waals surface area contributed by atoms with E-state index in [4.69, 9.17) is 11.5 Å². The van der Waals surface area contributed by atoms with Gasteiger partial charge in [-0.15, -0.1) is 0 Å². The lowest BCUT2D eigenvalue weighted by atomic mass is 10.1. The molecule has 1 aromatic carbocycles. The van der Waals surface area contributed by atoms with E-state index in [9.17, 15) is 16.8 Å². The van der Waals surface area contributed by atoms with E-state index in [-0.39, 0.29) is 16.9 Å². The smallest absolute Gasteiger partial charge is 0.298 e. The van der Waals surface area contributed by atoms with Gasteiger partial charge in [-0.2, -0.15) is 16.8 Å². The Kier molecular flexibility index (Phi) is 4.10. The van der Waals surface area contributed by atoms with E-state index >= 15 is 0 Å². The molecule has 0 aliphatic heterocycles. The molecule has 0 heterocycles. The zero-order valence-corrected chi connectivity index (χ0v) is 12.1. The van der Waals surface area contributed by atoms with E-state index in [1.807, 2.05) is 0 Å². The lowest BCUT2D eigenvalue weighted by Crippen LogP contribution is -2.14. The van der Waals surface area contributed by atoms with Gasteiger partial charge in [0.2, 0.25) is 0 Å². The zero-order valence-electron chi connectivity index (χ0n) is 10.5. The van der Waals surface area contributed by atoms with Gasteiger partial charge in [0.05, 0.1) is 25.6 Å². The van der Waals surface area contributed by atoms with Gasteiger partial charge in [-0.05, 0) is 18.6 Å². The molecule has 0 bridgehead atoms. The van der Waals surface area contributed by atoms with Crippen molar-refractivity contribution in [2.45, 2.75) is 16.7 Å². The summed E-state index contributed by atoms with van der Waals surface area (Å²) in [6.07, 6.45) is 0. The third kappa shape index (κ3) is 2.66. The fourth-order valence-corrected chi connectivity index (χ4v) is 3.19. The standard InChI is InChI=1S/C9H14N2O6S2/c1-5-8(10)6(18(12,13)16-2)4-7(9(5)11)19(14,15)17-3/h4H,10-11H2,1-3H3. The van der Waals surface area contributed by atoms with Gasteiger partial charge in [0.1, 0.15) is 9.79 Å². The Morgan fingerprint density at radius 1 is 0.895 bits per heavy atom. The number of hydrogen-bond acceptors (Lipinski definition) is 8. The topological polar surface area (TPSA) is 139 Å². The lowest BCUT2D eigenvalue weighted by molar-refractivity contribution is 0.396. The van der Waals surface area contributed by atoms with Gasteiger partial charge in [-0.3, -0.25) is 8.37 Å². The molecule has 0 amide bonds. The van der Waals surface area contributed by atoms with Crippen LogP contribution in [0.3, 0.4) is 0 Å². The number of nitrogens with two attached hydrogens (primary N) is 2. The predicted octanol–water partition coefficient (Wildman–Crippen LogP) is -0.170. The summed E-state index contributed by atoms with van der Waals surface area (Å²) in [5, 5.41) is 0. The second-order valence-electron chi connectivity index (χ2n) is 3.57. The highest BCUT2D eigenvalue weighted by Crippen LogP contribution is 2.34.